The SMILES string of the molecule is O=C1OC(c2ccccc2Br)=N/C1=C\c1ccc(-c2ccc(Cl)cc2Cl)o1. The standard InChI is InChI=1S/C20H10BrCl2NO3/c21-15-4-2-1-3-13(15)19-24-17(20(25)27-19)10-12-6-8-18(26-12)14-7-5-11(22)9-16(14)23/h1-10H/b17-10-. The fourth-order valence-corrected chi connectivity index (χ4v) is 3.51. The molecule has 0 saturated carbocycles. The molecule has 1 aliphatic heterocycles. The van der Waals surface area contributed by atoms with Gasteiger partial charge in [-0.1, -0.05) is 35.3 Å². The topological polar surface area (TPSA) is 51.8 Å². The molecule has 1 aliphatic rings. The smallest absolute Gasteiger partial charge is 0.363 e. The molecule has 1 aromatic heterocycles. The summed E-state index contributed by atoms with van der Waals surface area (Å²) in [7, 11) is 0. The highest BCUT2D eigenvalue weighted by Crippen LogP contribution is 2.32. The Hall–Kier alpha value is -2.34. The normalized spacial score (nSPS) is 15.1. The summed E-state index contributed by atoms with van der Waals surface area (Å²) in [6.45, 7) is 0. The Balaban J connectivity index is 1.65. The van der Waals surface area contributed by atoms with Gasteiger partial charge in [0.1, 0.15) is 11.5 Å². The minimum Gasteiger partial charge on any atom is -0.457 e. The molecule has 4 rings (SSSR count). The second-order valence-electron chi connectivity index (χ2n) is 5.64. The van der Waals surface area contributed by atoms with Crippen molar-refractivity contribution in [3.63, 3.8) is 0 Å². The van der Waals surface area contributed by atoms with Gasteiger partial charge in [-0.25, -0.2) is 9.79 Å². The van der Waals surface area contributed by atoms with Gasteiger partial charge in [-0.05, 0) is 58.4 Å². The maximum atomic E-state index is 12.1. The Labute approximate surface area is 173 Å². The zero-order chi connectivity index (χ0) is 19.0. The summed E-state index contributed by atoms with van der Waals surface area (Å²) in [6, 6.07) is 16.0. The molecule has 0 radical (unpaired) electrons. The van der Waals surface area contributed by atoms with Gasteiger partial charge in [0, 0.05) is 21.1 Å². The maximum Gasteiger partial charge on any atom is 0.363 e. The van der Waals surface area contributed by atoms with Gasteiger partial charge in [0.05, 0.1) is 10.6 Å². The van der Waals surface area contributed by atoms with E-state index in [9.17, 15) is 4.79 Å². The van der Waals surface area contributed by atoms with E-state index in [1.165, 1.54) is 6.08 Å². The molecule has 3 aromatic rings. The Kier molecular flexibility index (Phi) is 4.91. The molecule has 0 N–H and O–H groups in total. The minimum absolute atomic E-state index is 0.156. The molecule has 0 spiro atoms. The first-order valence-electron chi connectivity index (χ1n) is 7.84. The van der Waals surface area contributed by atoms with Crippen LogP contribution in [0, 0.1) is 0 Å². The predicted molar refractivity (Wildman–Crippen MR) is 109 cm³/mol. The number of nitrogens with zero attached hydrogens (tertiary/aromatic N) is 1. The van der Waals surface area contributed by atoms with E-state index in [4.69, 9.17) is 32.4 Å². The minimum atomic E-state index is -0.539. The van der Waals surface area contributed by atoms with E-state index in [1.54, 1.807) is 30.3 Å². The van der Waals surface area contributed by atoms with E-state index in [-0.39, 0.29) is 11.6 Å². The van der Waals surface area contributed by atoms with Crippen molar-refractivity contribution >= 4 is 57.1 Å². The van der Waals surface area contributed by atoms with Crippen molar-refractivity contribution in [1.82, 2.24) is 0 Å². The van der Waals surface area contributed by atoms with Crippen LogP contribution in [-0.2, 0) is 9.53 Å². The number of halogens is 3. The lowest BCUT2D eigenvalue weighted by atomic mass is 10.2. The molecule has 4 nitrogen and oxygen atoms in total. The zero-order valence-corrected chi connectivity index (χ0v) is 16.7. The van der Waals surface area contributed by atoms with E-state index in [0.717, 1.165) is 4.47 Å². The molecular formula is C20H10BrCl2NO3. The Morgan fingerprint density at radius 2 is 1.81 bits per heavy atom. The van der Waals surface area contributed by atoms with Crippen LogP contribution in [0.1, 0.15) is 11.3 Å². The summed E-state index contributed by atoms with van der Waals surface area (Å²) in [6.07, 6.45) is 1.53. The molecule has 2 aromatic carbocycles. The molecule has 7 heteroatoms. The lowest BCUT2D eigenvalue weighted by Crippen LogP contribution is -2.05. The fourth-order valence-electron chi connectivity index (χ4n) is 2.56. The molecule has 0 unspecified atom stereocenters. The lowest BCUT2D eigenvalue weighted by Gasteiger charge is -2.01. The van der Waals surface area contributed by atoms with E-state index in [0.29, 0.717) is 32.7 Å². The summed E-state index contributed by atoms with van der Waals surface area (Å²) in [5.41, 5.74) is 1.56. The first-order valence-corrected chi connectivity index (χ1v) is 9.39. The highest BCUT2D eigenvalue weighted by atomic mass is 79.9. The third kappa shape index (κ3) is 3.72. The number of carbonyl (C=O) groups is 1. The quantitative estimate of drug-likeness (QED) is 0.336. The van der Waals surface area contributed by atoms with Gasteiger partial charge in [-0.3, -0.25) is 0 Å². The largest absolute Gasteiger partial charge is 0.457 e. The Morgan fingerprint density at radius 1 is 1.00 bits per heavy atom. The van der Waals surface area contributed by atoms with Crippen LogP contribution in [0.25, 0.3) is 17.4 Å². The number of aliphatic imine (C=N–C) groups is 1. The third-order valence-electron chi connectivity index (χ3n) is 3.83. The molecule has 0 saturated heterocycles. The molecule has 134 valence electrons. The number of hydrogen-bond donors (Lipinski definition) is 0. The first-order chi connectivity index (χ1) is 13.0. The Bertz CT molecular complexity index is 1120. The van der Waals surface area contributed by atoms with Gasteiger partial charge in [0.25, 0.3) is 0 Å². The van der Waals surface area contributed by atoms with Crippen molar-refractivity contribution in [2.24, 2.45) is 4.99 Å². The molecule has 0 aliphatic carbocycles. The highest BCUT2D eigenvalue weighted by Gasteiger charge is 2.25. The van der Waals surface area contributed by atoms with Crippen molar-refractivity contribution < 1.29 is 13.9 Å². The van der Waals surface area contributed by atoms with E-state index in [1.807, 2.05) is 24.3 Å². The fraction of sp³-hybridized carbons (Fsp3) is 0. The van der Waals surface area contributed by atoms with Crippen LogP contribution in [0.4, 0.5) is 0 Å². The Morgan fingerprint density at radius 3 is 2.59 bits per heavy atom. The zero-order valence-electron chi connectivity index (χ0n) is 13.6. The van der Waals surface area contributed by atoms with Crippen molar-refractivity contribution in [1.29, 1.82) is 0 Å². The number of rotatable bonds is 3. The van der Waals surface area contributed by atoms with E-state index in [2.05, 4.69) is 20.9 Å². The lowest BCUT2D eigenvalue weighted by molar-refractivity contribution is -0.129. The predicted octanol–water partition coefficient (Wildman–Crippen LogP) is 6.36. The van der Waals surface area contributed by atoms with Gasteiger partial charge >= 0.3 is 5.97 Å². The molecule has 27 heavy (non-hydrogen) atoms. The monoisotopic (exact) mass is 461 g/mol. The average Bonchev–Trinajstić information content (AvgIpc) is 3.23. The number of benzene rings is 2. The van der Waals surface area contributed by atoms with Crippen LogP contribution >= 0.6 is 39.1 Å². The van der Waals surface area contributed by atoms with E-state index >= 15 is 0 Å². The highest BCUT2D eigenvalue weighted by molar-refractivity contribution is 9.10. The van der Waals surface area contributed by atoms with E-state index < -0.39 is 5.97 Å². The molecule has 2 heterocycles. The van der Waals surface area contributed by atoms with Crippen LogP contribution < -0.4 is 0 Å². The number of furan rings is 1. The first kappa shape index (κ1) is 18.0. The van der Waals surface area contributed by atoms with Crippen LogP contribution in [0.2, 0.25) is 10.0 Å². The number of carbonyl (C=O) groups excluding carboxylic acids is 1. The van der Waals surface area contributed by atoms with Crippen LogP contribution in [-0.4, -0.2) is 11.9 Å². The third-order valence-corrected chi connectivity index (χ3v) is 5.07. The van der Waals surface area contributed by atoms with Gasteiger partial charge in [0.15, 0.2) is 5.70 Å². The van der Waals surface area contributed by atoms with Gasteiger partial charge in [0.2, 0.25) is 5.90 Å². The second-order valence-corrected chi connectivity index (χ2v) is 7.34. The summed E-state index contributed by atoms with van der Waals surface area (Å²) in [5.74, 6) is 0.722. The summed E-state index contributed by atoms with van der Waals surface area (Å²) >= 11 is 15.6. The van der Waals surface area contributed by atoms with Gasteiger partial charge in [-0.2, -0.15) is 0 Å². The van der Waals surface area contributed by atoms with Crippen molar-refractivity contribution in [3.8, 4) is 11.3 Å². The number of hydrogen-bond acceptors (Lipinski definition) is 4. The molecule has 0 fully saturated rings. The van der Waals surface area contributed by atoms with Crippen LogP contribution in [0.15, 0.2) is 74.2 Å². The summed E-state index contributed by atoms with van der Waals surface area (Å²) in [5, 5.41) is 1.02. The van der Waals surface area contributed by atoms with Crippen LogP contribution in [0.5, 0.6) is 0 Å². The summed E-state index contributed by atoms with van der Waals surface area (Å²) < 4.78 is 11.8. The molecule has 0 atom stereocenters. The maximum absolute atomic E-state index is 12.1. The number of cyclic esters (lactones) is 1. The molecular weight excluding hydrogens is 453 g/mol. The number of esters is 1. The number of ether oxygens (including phenoxy) is 1. The average molecular weight is 463 g/mol. The van der Waals surface area contributed by atoms with Gasteiger partial charge < -0.3 is 9.15 Å². The summed E-state index contributed by atoms with van der Waals surface area (Å²) in [4.78, 5) is 16.4. The van der Waals surface area contributed by atoms with Crippen LogP contribution in [0.3, 0.4) is 0 Å². The molecule has 0 bridgehead atoms. The molecule has 0 amide bonds. The second kappa shape index (κ2) is 7.35. The van der Waals surface area contributed by atoms with Gasteiger partial charge in [-0.15, -0.1) is 0 Å². The van der Waals surface area contributed by atoms with Crippen molar-refractivity contribution in [2.75, 3.05) is 0 Å². The van der Waals surface area contributed by atoms with Crippen molar-refractivity contribution in [3.05, 3.63) is 86.1 Å². The van der Waals surface area contributed by atoms with Crippen molar-refractivity contribution in [2.45, 2.75) is 0 Å².